The van der Waals surface area contributed by atoms with Gasteiger partial charge in [0.25, 0.3) is 0 Å². The Labute approximate surface area is 114 Å². The standard InChI is InChI=1S/C16H20N2O/c1-18(15-9-6-14(12-17)7-10-15)16(19)11-8-13-4-2-3-5-13/h6-7,9-10,13H,2-5,8,11H2,1H3. The molecule has 0 spiro atoms. The van der Waals surface area contributed by atoms with Gasteiger partial charge in [0.2, 0.25) is 5.91 Å². The van der Waals surface area contributed by atoms with Crippen LogP contribution in [0.5, 0.6) is 0 Å². The quantitative estimate of drug-likeness (QED) is 0.827. The lowest BCUT2D eigenvalue weighted by molar-refractivity contribution is -0.118. The number of amides is 1. The van der Waals surface area contributed by atoms with Crippen molar-refractivity contribution in [3.63, 3.8) is 0 Å². The molecular formula is C16H20N2O. The van der Waals surface area contributed by atoms with Crippen LogP contribution in [0, 0.1) is 17.2 Å². The Kier molecular flexibility index (Phi) is 4.57. The van der Waals surface area contributed by atoms with Gasteiger partial charge in [0.1, 0.15) is 0 Å². The highest BCUT2D eigenvalue weighted by atomic mass is 16.2. The minimum absolute atomic E-state index is 0.164. The van der Waals surface area contributed by atoms with Gasteiger partial charge in [-0.2, -0.15) is 5.26 Å². The van der Waals surface area contributed by atoms with Crippen LogP contribution in [0.3, 0.4) is 0 Å². The summed E-state index contributed by atoms with van der Waals surface area (Å²) in [7, 11) is 1.80. The van der Waals surface area contributed by atoms with Gasteiger partial charge in [0.15, 0.2) is 0 Å². The number of nitriles is 1. The Morgan fingerprint density at radius 2 is 1.95 bits per heavy atom. The van der Waals surface area contributed by atoms with Gasteiger partial charge in [-0.05, 0) is 36.6 Å². The highest BCUT2D eigenvalue weighted by Crippen LogP contribution is 2.29. The van der Waals surface area contributed by atoms with E-state index in [2.05, 4.69) is 6.07 Å². The van der Waals surface area contributed by atoms with E-state index in [0.717, 1.165) is 18.0 Å². The molecule has 19 heavy (non-hydrogen) atoms. The van der Waals surface area contributed by atoms with E-state index in [1.807, 2.05) is 12.1 Å². The maximum atomic E-state index is 12.1. The third kappa shape index (κ3) is 3.57. The molecule has 0 bridgehead atoms. The van der Waals surface area contributed by atoms with Crippen LogP contribution in [-0.4, -0.2) is 13.0 Å². The SMILES string of the molecule is CN(C(=O)CCC1CCCC1)c1ccc(C#N)cc1. The third-order valence-electron chi connectivity index (χ3n) is 4.00. The van der Waals surface area contributed by atoms with E-state index < -0.39 is 0 Å². The fourth-order valence-electron chi connectivity index (χ4n) is 2.70. The van der Waals surface area contributed by atoms with Crippen LogP contribution in [0.2, 0.25) is 0 Å². The van der Waals surface area contributed by atoms with Crippen LogP contribution in [0.1, 0.15) is 44.1 Å². The van der Waals surface area contributed by atoms with Gasteiger partial charge in [-0.1, -0.05) is 25.7 Å². The zero-order chi connectivity index (χ0) is 13.7. The van der Waals surface area contributed by atoms with Crippen LogP contribution in [0.4, 0.5) is 5.69 Å². The highest BCUT2D eigenvalue weighted by Gasteiger charge is 2.18. The minimum Gasteiger partial charge on any atom is -0.316 e. The molecule has 3 heteroatoms. The lowest BCUT2D eigenvalue weighted by atomic mass is 10.0. The van der Waals surface area contributed by atoms with Gasteiger partial charge in [0, 0.05) is 19.2 Å². The first kappa shape index (κ1) is 13.6. The number of carbonyl (C=O) groups is 1. The number of nitrogens with zero attached hydrogens (tertiary/aromatic N) is 2. The summed E-state index contributed by atoms with van der Waals surface area (Å²) < 4.78 is 0. The summed E-state index contributed by atoms with van der Waals surface area (Å²) in [5.74, 6) is 0.912. The molecule has 0 unspecified atom stereocenters. The highest BCUT2D eigenvalue weighted by molar-refractivity contribution is 5.92. The summed E-state index contributed by atoms with van der Waals surface area (Å²) in [6.45, 7) is 0. The average Bonchev–Trinajstić information content (AvgIpc) is 2.97. The largest absolute Gasteiger partial charge is 0.316 e. The Hall–Kier alpha value is -1.82. The van der Waals surface area contributed by atoms with Crippen molar-refractivity contribution in [2.24, 2.45) is 5.92 Å². The molecule has 0 aliphatic heterocycles. The molecule has 0 saturated heterocycles. The average molecular weight is 256 g/mol. The van der Waals surface area contributed by atoms with Gasteiger partial charge in [0.05, 0.1) is 11.6 Å². The van der Waals surface area contributed by atoms with E-state index in [1.54, 1.807) is 24.1 Å². The summed E-state index contributed by atoms with van der Waals surface area (Å²) in [4.78, 5) is 13.8. The second-order valence-electron chi connectivity index (χ2n) is 5.30. The normalized spacial score (nSPS) is 15.2. The first-order valence-electron chi connectivity index (χ1n) is 6.97. The molecule has 2 rings (SSSR count). The molecule has 0 heterocycles. The second-order valence-corrected chi connectivity index (χ2v) is 5.30. The van der Waals surface area contributed by atoms with Crippen LogP contribution in [0.25, 0.3) is 0 Å². The van der Waals surface area contributed by atoms with E-state index in [1.165, 1.54) is 25.7 Å². The van der Waals surface area contributed by atoms with Crippen LogP contribution in [-0.2, 0) is 4.79 Å². The molecule has 1 fully saturated rings. The van der Waals surface area contributed by atoms with E-state index in [0.29, 0.717) is 12.0 Å². The van der Waals surface area contributed by atoms with Crippen molar-refractivity contribution in [3.8, 4) is 6.07 Å². The Morgan fingerprint density at radius 1 is 1.32 bits per heavy atom. The summed E-state index contributed by atoms with van der Waals surface area (Å²) in [6.07, 6.45) is 6.86. The summed E-state index contributed by atoms with van der Waals surface area (Å²) in [5.41, 5.74) is 1.48. The van der Waals surface area contributed by atoms with Crippen molar-refractivity contribution in [2.45, 2.75) is 38.5 Å². The summed E-state index contributed by atoms with van der Waals surface area (Å²) >= 11 is 0. The molecule has 0 N–H and O–H groups in total. The van der Waals surface area contributed by atoms with Crippen LogP contribution < -0.4 is 4.90 Å². The van der Waals surface area contributed by atoms with Crippen LogP contribution in [0.15, 0.2) is 24.3 Å². The number of hydrogen-bond acceptors (Lipinski definition) is 2. The molecule has 1 aliphatic rings. The molecule has 1 amide bonds. The van der Waals surface area contributed by atoms with E-state index in [9.17, 15) is 4.79 Å². The van der Waals surface area contributed by atoms with E-state index in [-0.39, 0.29) is 5.91 Å². The maximum Gasteiger partial charge on any atom is 0.226 e. The molecular weight excluding hydrogens is 236 g/mol. The molecule has 100 valence electrons. The Morgan fingerprint density at radius 3 is 2.53 bits per heavy atom. The van der Waals surface area contributed by atoms with Crippen molar-refractivity contribution in [3.05, 3.63) is 29.8 Å². The first-order chi connectivity index (χ1) is 9.20. The van der Waals surface area contributed by atoms with Crippen molar-refractivity contribution >= 4 is 11.6 Å². The van der Waals surface area contributed by atoms with Gasteiger partial charge in [-0.25, -0.2) is 0 Å². The van der Waals surface area contributed by atoms with Gasteiger partial charge in [-0.15, -0.1) is 0 Å². The number of anilines is 1. The summed E-state index contributed by atoms with van der Waals surface area (Å²) in [5, 5.41) is 8.75. The number of benzene rings is 1. The molecule has 1 aromatic carbocycles. The first-order valence-corrected chi connectivity index (χ1v) is 6.97. The number of rotatable bonds is 4. The van der Waals surface area contributed by atoms with Gasteiger partial charge < -0.3 is 4.90 Å². The van der Waals surface area contributed by atoms with Crippen molar-refractivity contribution in [1.29, 1.82) is 5.26 Å². The van der Waals surface area contributed by atoms with Crippen molar-refractivity contribution in [1.82, 2.24) is 0 Å². The molecule has 1 aliphatic carbocycles. The maximum absolute atomic E-state index is 12.1. The van der Waals surface area contributed by atoms with E-state index in [4.69, 9.17) is 5.26 Å². The molecule has 0 radical (unpaired) electrons. The topological polar surface area (TPSA) is 44.1 Å². The molecule has 0 aromatic heterocycles. The van der Waals surface area contributed by atoms with E-state index >= 15 is 0 Å². The molecule has 3 nitrogen and oxygen atoms in total. The Balaban J connectivity index is 1.88. The van der Waals surface area contributed by atoms with Crippen molar-refractivity contribution < 1.29 is 4.79 Å². The molecule has 0 atom stereocenters. The smallest absolute Gasteiger partial charge is 0.226 e. The fraction of sp³-hybridized carbons (Fsp3) is 0.500. The third-order valence-corrected chi connectivity index (χ3v) is 4.00. The predicted molar refractivity (Wildman–Crippen MR) is 75.8 cm³/mol. The lowest BCUT2D eigenvalue weighted by Gasteiger charge is -2.18. The number of hydrogen-bond donors (Lipinski definition) is 0. The van der Waals surface area contributed by atoms with Gasteiger partial charge in [-0.3, -0.25) is 4.79 Å². The number of carbonyl (C=O) groups excluding carboxylic acids is 1. The van der Waals surface area contributed by atoms with Gasteiger partial charge >= 0.3 is 0 Å². The predicted octanol–water partition coefficient (Wildman–Crippen LogP) is 3.49. The Bertz CT molecular complexity index is 467. The molecule has 1 aromatic rings. The fourth-order valence-corrected chi connectivity index (χ4v) is 2.70. The second kappa shape index (κ2) is 6.38. The van der Waals surface area contributed by atoms with Crippen molar-refractivity contribution in [2.75, 3.05) is 11.9 Å². The summed E-state index contributed by atoms with van der Waals surface area (Å²) in [6, 6.07) is 9.22. The zero-order valence-electron chi connectivity index (χ0n) is 11.4. The molecule has 1 saturated carbocycles. The van der Waals surface area contributed by atoms with Crippen LogP contribution >= 0.6 is 0 Å². The minimum atomic E-state index is 0.164. The lowest BCUT2D eigenvalue weighted by Crippen LogP contribution is -2.26. The zero-order valence-corrected chi connectivity index (χ0v) is 11.4. The monoisotopic (exact) mass is 256 g/mol.